The molecule has 0 spiro atoms. The molecule has 1 aliphatic heterocycles. The van der Waals surface area contributed by atoms with Crippen molar-refractivity contribution in [3.63, 3.8) is 0 Å². The zero-order valence-electron chi connectivity index (χ0n) is 31.3. The number of esters is 3. The Morgan fingerprint density at radius 2 is 1.20 bits per heavy atom. The monoisotopic (exact) mass is 702 g/mol. The molecule has 10 nitrogen and oxygen atoms in total. The molecule has 1 fully saturated rings. The van der Waals surface area contributed by atoms with Crippen LogP contribution in [0.2, 0.25) is 0 Å². The Labute approximate surface area is 300 Å². The van der Waals surface area contributed by atoms with Crippen LogP contribution in [0.15, 0.2) is 73.4 Å². The molecule has 1 heterocycles. The minimum absolute atomic E-state index is 0.0113. The fourth-order valence-corrected chi connectivity index (χ4v) is 3.67. The molecule has 1 aromatic rings. The lowest BCUT2D eigenvalue weighted by atomic mass is 10.1. The molecule has 2 rings (SSSR count). The van der Waals surface area contributed by atoms with E-state index in [0.717, 1.165) is 6.42 Å². The van der Waals surface area contributed by atoms with Gasteiger partial charge in [-0.15, -0.1) is 0 Å². The first-order valence-electron chi connectivity index (χ1n) is 17.5. The number of ether oxygens (including phenoxy) is 6. The summed E-state index contributed by atoms with van der Waals surface area (Å²) in [6.07, 6.45) is 13.6. The molecule has 0 N–H and O–H groups in total. The topological polar surface area (TPSA) is 124 Å². The molecule has 1 atom stereocenters. The fourth-order valence-electron chi connectivity index (χ4n) is 3.67. The van der Waals surface area contributed by atoms with Crippen LogP contribution in [0.3, 0.4) is 0 Å². The molecule has 1 aromatic carbocycles. The maximum Gasteiger partial charge on any atom is 0.508 e. The molecular weight excluding hydrogens is 640 g/mol. The van der Waals surface area contributed by atoms with Crippen LogP contribution >= 0.6 is 0 Å². The molecule has 10 heteroatoms. The predicted octanol–water partition coefficient (Wildman–Crippen LogP) is 9.14. The molecule has 1 unspecified atom stereocenters. The molecule has 1 aliphatic rings. The summed E-state index contributed by atoms with van der Waals surface area (Å²) >= 11 is 0. The number of carbonyl (C=O) groups is 4. The summed E-state index contributed by atoms with van der Waals surface area (Å²) in [6, 6.07) is 10.0. The number of unbranched alkanes of at least 4 members (excludes halogenated alkanes) is 9. The maximum absolute atomic E-state index is 11.1. The number of hydrogen-bond donors (Lipinski definition) is 0. The number of cyclic esters (lactones) is 2. The first-order valence-corrected chi connectivity index (χ1v) is 17.5. The quantitative estimate of drug-likeness (QED) is 0.0530. The van der Waals surface area contributed by atoms with E-state index in [0.29, 0.717) is 43.1 Å². The van der Waals surface area contributed by atoms with Crippen LogP contribution in [-0.2, 0) is 42.8 Å². The molecule has 0 saturated carbocycles. The highest BCUT2D eigenvalue weighted by Crippen LogP contribution is 2.11. The average Bonchev–Trinajstić information content (AvgIpc) is 3.53. The van der Waals surface area contributed by atoms with Crippen LogP contribution in [0.4, 0.5) is 4.79 Å². The van der Waals surface area contributed by atoms with Crippen LogP contribution in [0.1, 0.15) is 104 Å². The molecule has 50 heavy (non-hydrogen) atoms. The van der Waals surface area contributed by atoms with E-state index in [4.69, 9.17) is 18.9 Å². The van der Waals surface area contributed by atoms with Crippen molar-refractivity contribution in [2.45, 2.75) is 105 Å². The van der Waals surface area contributed by atoms with Crippen molar-refractivity contribution < 1.29 is 47.6 Å². The first kappa shape index (κ1) is 47.9. The standard InChI is InChI=1S/C16H30O2.C8H10O5.C8H14O3.C8H8/c1-4-5-6-7-8-9-10-11-12-13-14-18-16(17)15(2)3;1-5(2)7(9)11-3-6-4-12-8(10)13-6;1-4-10-5-6-11-8(9)7(2)3;1-2-8-6-4-3-5-7-8/h2,4-14H2,1,3H3;6H,1,3-4H2,2H3;2,4-6H2,1,3H3;2-7H,1H2. The fraction of sp³-hybridized carbons (Fsp3) is 0.550. The van der Waals surface area contributed by atoms with E-state index >= 15 is 0 Å². The highest BCUT2D eigenvalue weighted by Gasteiger charge is 2.26. The third-order valence-corrected chi connectivity index (χ3v) is 6.53. The Hall–Kier alpha value is -4.18. The number of hydrogen-bond acceptors (Lipinski definition) is 10. The second kappa shape index (κ2) is 33.3. The zero-order valence-corrected chi connectivity index (χ0v) is 31.3. The zero-order chi connectivity index (χ0) is 38.0. The van der Waals surface area contributed by atoms with Crippen molar-refractivity contribution in [2.75, 3.05) is 39.6 Å². The van der Waals surface area contributed by atoms with Crippen molar-refractivity contribution in [2.24, 2.45) is 0 Å². The summed E-state index contributed by atoms with van der Waals surface area (Å²) in [7, 11) is 0. The van der Waals surface area contributed by atoms with Gasteiger partial charge in [0, 0.05) is 23.3 Å². The molecule has 0 aliphatic carbocycles. The molecule has 1 saturated heterocycles. The van der Waals surface area contributed by atoms with Gasteiger partial charge in [0.25, 0.3) is 0 Å². The summed E-state index contributed by atoms with van der Waals surface area (Å²) in [6.45, 7) is 25.1. The van der Waals surface area contributed by atoms with Gasteiger partial charge in [-0.25, -0.2) is 19.2 Å². The summed E-state index contributed by atoms with van der Waals surface area (Å²) in [5.41, 5.74) is 2.39. The van der Waals surface area contributed by atoms with Gasteiger partial charge in [0.15, 0.2) is 6.10 Å². The van der Waals surface area contributed by atoms with Crippen molar-refractivity contribution in [1.29, 1.82) is 0 Å². The highest BCUT2D eigenvalue weighted by atomic mass is 16.8. The Balaban J connectivity index is 0. The van der Waals surface area contributed by atoms with E-state index in [-0.39, 0.29) is 25.2 Å². The van der Waals surface area contributed by atoms with E-state index in [1.165, 1.54) is 63.4 Å². The van der Waals surface area contributed by atoms with Crippen molar-refractivity contribution in [1.82, 2.24) is 0 Å². The van der Waals surface area contributed by atoms with Crippen LogP contribution in [-0.4, -0.2) is 69.8 Å². The predicted molar refractivity (Wildman–Crippen MR) is 198 cm³/mol. The molecular formula is C40H62O10. The van der Waals surface area contributed by atoms with Gasteiger partial charge in [-0.3, -0.25) is 0 Å². The van der Waals surface area contributed by atoms with Crippen molar-refractivity contribution in [3.8, 4) is 0 Å². The summed E-state index contributed by atoms with van der Waals surface area (Å²) in [4.78, 5) is 43.1. The number of rotatable bonds is 21. The molecule has 282 valence electrons. The van der Waals surface area contributed by atoms with Gasteiger partial charge >= 0.3 is 24.1 Å². The SMILES string of the molecule is C=C(C)C(=O)OCC1COC(=O)O1.C=C(C)C(=O)OCCCCCCCCCCCC.C=C(C)C(=O)OCCOCC.C=Cc1ccccc1. The van der Waals surface area contributed by atoms with E-state index < -0.39 is 18.2 Å². The van der Waals surface area contributed by atoms with Gasteiger partial charge < -0.3 is 28.4 Å². The van der Waals surface area contributed by atoms with Gasteiger partial charge in [0.2, 0.25) is 0 Å². The Morgan fingerprint density at radius 3 is 1.62 bits per heavy atom. The lowest BCUT2D eigenvalue weighted by Gasteiger charge is -2.06. The summed E-state index contributed by atoms with van der Waals surface area (Å²) in [5, 5.41) is 0. The largest absolute Gasteiger partial charge is 0.508 e. The second-order valence-electron chi connectivity index (χ2n) is 11.5. The summed E-state index contributed by atoms with van der Waals surface area (Å²) in [5.74, 6) is -1.11. The van der Waals surface area contributed by atoms with Crippen LogP contribution < -0.4 is 0 Å². The molecule has 0 aromatic heterocycles. The Morgan fingerprint density at radius 1 is 0.720 bits per heavy atom. The summed E-state index contributed by atoms with van der Waals surface area (Å²) < 4.78 is 28.6. The number of benzene rings is 1. The minimum Gasteiger partial charge on any atom is -0.462 e. The normalized spacial score (nSPS) is 12.4. The number of carbonyl (C=O) groups excluding carboxylic acids is 4. The minimum atomic E-state index is -0.726. The van der Waals surface area contributed by atoms with Crippen molar-refractivity contribution in [3.05, 3.63) is 78.9 Å². The maximum atomic E-state index is 11.1. The highest BCUT2D eigenvalue weighted by molar-refractivity contribution is 5.87. The Kier molecular flexibility index (Phi) is 31.9. The van der Waals surface area contributed by atoms with Gasteiger partial charge in [-0.2, -0.15) is 0 Å². The third kappa shape index (κ3) is 31.1. The van der Waals surface area contributed by atoms with E-state index in [2.05, 4.69) is 42.7 Å². The van der Waals surface area contributed by atoms with Gasteiger partial charge in [-0.1, -0.05) is 127 Å². The van der Waals surface area contributed by atoms with E-state index in [9.17, 15) is 19.2 Å². The molecule has 0 amide bonds. The van der Waals surface area contributed by atoms with Crippen LogP contribution in [0, 0.1) is 0 Å². The lowest BCUT2D eigenvalue weighted by molar-refractivity contribution is -0.141. The van der Waals surface area contributed by atoms with Crippen molar-refractivity contribution >= 4 is 30.1 Å². The molecule has 0 radical (unpaired) electrons. The smallest absolute Gasteiger partial charge is 0.462 e. The van der Waals surface area contributed by atoms with Crippen LogP contribution in [0.5, 0.6) is 0 Å². The Bertz CT molecular complexity index is 1130. The third-order valence-electron chi connectivity index (χ3n) is 6.53. The van der Waals surface area contributed by atoms with Crippen LogP contribution in [0.25, 0.3) is 6.08 Å². The van der Waals surface area contributed by atoms with Gasteiger partial charge in [0.1, 0.15) is 19.8 Å². The van der Waals surface area contributed by atoms with Gasteiger partial charge in [-0.05, 0) is 39.7 Å². The van der Waals surface area contributed by atoms with Gasteiger partial charge in [0.05, 0.1) is 13.2 Å². The second-order valence-corrected chi connectivity index (χ2v) is 11.5. The average molecular weight is 703 g/mol. The van der Waals surface area contributed by atoms with E-state index in [1.54, 1.807) is 20.8 Å². The first-order chi connectivity index (χ1) is 23.9. The lowest BCUT2D eigenvalue weighted by Crippen LogP contribution is -2.20. The van der Waals surface area contributed by atoms with E-state index in [1.807, 2.05) is 43.3 Å². The molecule has 0 bridgehead atoms.